The minimum Gasteiger partial charge on any atom is -0.496 e. The van der Waals surface area contributed by atoms with Crippen molar-refractivity contribution in [3.63, 3.8) is 0 Å². The number of aryl methyl sites for hydroxylation is 1. The first kappa shape index (κ1) is 23.0. The van der Waals surface area contributed by atoms with Crippen LogP contribution in [0.1, 0.15) is 22.3 Å². The Morgan fingerprint density at radius 3 is 2.66 bits per heavy atom. The van der Waals surface area contributed by atoms with Crippen LogP contribution in [0.3, 0.4) is 0 Å². The van der Waals surface area contributed by atoms with Crippen LogP contribution >= 0.6 is 24.0 Å². The predicted octanol–water partition coefficient (Wildman–Crippen LogP) is 2.87. The SMILES string of the molecule is CN=C(NCC(=O)N1CCc2ccccc2C1)NCc1ccc(C)cc1OC.I. The molecule has 1 amide bonds. The molecule has 1 aliphatic rings. The highest BCUT2D eigenvalue weighted by molar-refractivity contribution is 14.0. The summed E-state index contributed by atoms with van der Waals surface area (Å²) in [5.74, 6) is 1.50. The van der Waals surface area contributed by atoms with Gasteiger partial charge in [-0.25, -0.2) is 0 Å². The van der Waals surface area contributed by atoms with E-state index in [1.807, 2.05) is 36.1 Å². The molecule has 3 rings (SSSR count). The molecule has 0 aromatic heterocycles. The molecule has 29 heavy (non-hydrogen) atoms. The minimum absolute atomic E-state index is 0. The number of guanidine groups is 1. The van der Waals surface area contributed by atoms with Crippen molar-refractivity contribution in [1.29, 1.82) is 0 Å². The Morgan fingerprint density at radius 2 is 1.93 bits per heavy atom. The number of nitrogens with zero attached hydrogens (tertiary/aromatic N) is 2. The molecule has 1 aliphatic heterocycles. The van der Waals surface area contributed by atoms with E-state index in [1.54, 1.807) is 14.2 Å². The Balaban J connectivity index is 0.00000300. The fraction of sp³-hybridized carbons (Fsp3) is 0.364. The lowest BCUT2D eigenvalue weighted by atomic mass is 10.00. The summed E-state index contributed by atoms with van der Waals surface area (Å²) in [5, 5.41) is 6.36. The van der Waals surface area contributed by atoms with Crippen LogP contribution in [-0.2, 0) is 24.3 Å². The maximum atomic E-state index is 12.6. The van der Waals surface area contributed by atoms with E-state index < -0.39 is 0 Å². The first-order chi connectivity index (χ1) is 13.6. The van der Waals surface area contributed by atoms with Crippen LogP contribution in [0.5, 0.6) is 5.75 Å². The molecule has 0 bridgehead atoms. The van der Waals surface area contributed by atoms with Gasteiger partial charge in [0.15, 0.2) is 5.96 Å². The molecule has 7 heteroatoms. The van der Waals surface area contributed by atoms with Gasteiger partial charge in [-0.05, 0) is 36.1 Å². The first-order valence-electron chi connectivity index (χ1n) is 9.53. The van der Waals surface area contributed by atoms with Crippen molar-refractivity contribution in [2.24, 2.45) is 4.99 Å². The molecule has 0 unspecified atom stereocenters. The molecule has 2 aromatic rings. The fourth-order valence-electron chi connectivity index (χ4n) is 3.38. The summed E-state index contributed by atoms with van der Waals surface area (Å²) in [6.07, 6.45) is 0.905. The summed E-state index contributed by atoms with van der Waals surface area (Å²) in [6, 6.07) is 14.4. The lowest BCUT2D eigenvalue weighted by Crippen LogP contribution is -2.45. The van der Waals surface area contributed by atoms with Gasteiger partial charge >= 0.3 is 0 Å². The van der Waals surface area contributed by atoms with E-state index in [1.165, 1.54) is 11.1 Å². The minimum atomic E-state index is 0. The van der Waals surface area contributed by atoms with Crippen molar-refractivity contribution < 1.29 is 9.53 Å². The molecule has 0 aliphatic carbocycles. The Labute approximate surface area is 189 Å². The number of nitrogens with one attached hydrogen (secondary N) is 2. The normalized spacial score (nSPS) is 13.2. The number of amides is 1. The highest BCUT2D eigenvalue weighted by Crippen LogP contribution is 2.20. The number of rotatable bonds is 5. The van der Waals surface area contributed by atoms with Crippen LogP contribution in [0.25, 0.3) is 0 Å². The molecule has 0 radical (unpaired) electrons. The Morgan fingerprint density at radius 1 is 1.17 bits per heavy atom. The number of halogens is 1. The van der Waals surface area contributed by atoms with E-state index in [2.05, 4.69) is 33.8 Å². The molecule has 2 aromatic carbocycles. The molecular weight excluding hydrogens is 479 g/mol. The number of carbonyl (C=O) groups excluding carboxylic acids is 1. The maximum absolute atomic E-state index is 12.6. The van der Waals surface area contributed by atoms with E-state index in [0.29, 0.717) is 19.0 Å². The Kier molecular flexibility index (Phi) is 8.75. The molecule has 156 valence electrons. The number of fused-ring (bicyclic) bond motifs is 1. The molecule has 0 atom stereocenters. The van der Waals surface area contributed by atoms with E-state index >= 15 is 0 Å². The topological polar surface area (TPSA) is 66.0 Å². The second kappa shape index (κ2) is 11.0. The summed E-state index contributed by atoms with van der Waals surface area (Å²) in [4.78, 5) is 18.7. The molecule has 2 N–H and O–H groups in total. The van der Waals surface area contributed by atoms with Gasteiger partial charge in [-0.15, -0.1) is 24.0 Å². The van der Waals surface area contributed by atoms with Crippen molar-refractivity contribution in [2.75, 3.05) is 27.2 Å². The zero-order chi connectivity index (χ0) is 19.9. The molecule has 0 fully saturated rings. The number of hydrogen-bond acceptors (Lipinski definition) is 3. The monoisotopic (exact) mass is 508 g/mol. The number of benzene rings is 2. The smallest absolute Gasteiger partial charge is 0.242 e. The van der Waals surface area contributed by atoms with Crippen molar-refractivity contribution in [3.05, 3.63) is 64.7 Å². The van der Waals surface area contributed by atoms with Gasteiger partial charge in [0.2, 0.25) is 5.91 Å². The molecule has 1 heterocycles. The number of hydrogen-bond donors (Lipinski definition) is 2. The van der Waals surface area contributed by atoms with Crippen LogP contribution in [0.15, 0.2) is 47.5 Å². The van der Waals surface area contributed by atoms with Gasteiger partial charge in [0.05, 0.1) is 13.7 Å². The summed E-state index contributed by atoms with van der Waals surface area (Å²) in [6.45, 7) is 4.24. The highest BCUT2D eigenvalue weighted by atomic mass is 127. The number of aliphatic imine (C=N–C) groups is 1. The molecule has 6 nitrogen and oxygen atoms in total. The van der Waals surface area contributed by atoms with Gasteiger partial charge in [-0.1, -0.05) is 36.4 Å². The number of methoxy groups -OCH3 is 1. The maximum Gasteiger partial charge on any atom is 0.242 e. The Bertz CT molecular complexity index is 870. The summed E-state index contributed by atoms with van der Waals surface area (Å²) >= 11 is 0. The van der Waals surface area contributed by atoms with E-state index in [9.17, 15) is 4.79 Å². The number of ether oxygens (including phenoxy) is 1. The molecular formula is C22H29IN4O2. The summed E-state index contributed by atoms with van der Waals surface area (Å²) < 4.78 is 5.44. The van der Waals surface area contributed by atoms with Crippen molar-refractivity contribution in [1.82, 2.24) is 15.5 Å². The Hall–Kier alpha value is -2.29. The predicted molar refractivity (Wildman–Crippen MR) is 127 cm³/mol. The van der Waals surface area contributed by atoms with E-state index in [-0.39, 0.29) is 36.4 Å². The van der Waals surface area contributed by atoms with Crippen LogP contribution in [-0.4, -0.2) is 44.0 Å². The first-order valence-corrected chi connectivity index (χ1v) is 9.53. The molecule has 0 saturated carbocycles. The summed E-state index contributed by atoms with van der Waals surface area (Å²) in [5.41, 5.74) is 4.76. The zero-order valence-electron chi connectivity index (χ0n) is 17.2. The lowest BCUT2D eigenvalue weighted by Gasteiger charge is -2.29. The van der Waals surface area contributed by atoms with Gasteiger partial charge in [-0.2, -0.15) is 0 Å². The van der Waals surface area contributed by atoms with Gasteiger partial charge < -0.3 is 20.3 Å². The second-order valence-electron chi connectivity index (χ2n) is 6.93. The largest absolute Gasteiger partial charge is 0.496 e. The molecule has 0 spiro atoms. The zero-order valence-corrected chi connectivity index (χ0v) is 19.5. The van der Waals surface area contributed by atoms with Crippen molar-refractivity contribution in [2.45, 2.75) is 26.4 Å². The van der Waals surface area contributed by atoms with Gasteiger partial charge in [0.1, 0.15) is 5.75 Å². The highest BCUT2D eigenvalue weighted by Gasteiger charge is 2.20. The van der Waals surface area contributed by atoms with Crippen LogP contribution < -0.4 is 15.4 Å². The third kappa shape index (κ3) is 6.09. The van der Waals surface area contributed by atoms with Gasteiger partial charge in [0.25, 0.3) is 0 Å². The van der Waals surface area contributed by atoms with E-state index in [4.69, 9.17) is 4.74 Å². The third-order valence-corrected chi connectivity index (χ3v) is 5.00. The van der Waals surface area contributed by atoms with Crippen LogP contribution in [0, 0.1) is 6.92 Å². The quantitative estimate of drug-likeness (QED) is 0.371. The average molecular weight is 508 g/mol. The second-order valence-corrected chi connectivity index (χ2v) is 6.93. The lowest BCUT2D eigenvalue weighted by molar-refractivity contribution is -0.130. The van der Waals surface area contributed by atoms with E-state index in [0.717, 1.165) is 29.8 Å². The van der Waals surface area contributed by atoms with Gasteiger partial charge in [-0.3, -0.25) is 9.79 Å². The van der Waals surface area contributed by atoms with Gasteiger partial charge in [0, 0.05) is 32.2 Å². The standard InChI is InChI=1S/C22H28N4O2.HI/c1-16-8-9-18(20(12-16)28-3)13-24-22(23-2)25-14-21(27)26-11-10-17-6-4-5-7-19(17)15-26;/h4-9,12H,10-11,13-15H2,1-3H3,(H2,23,24,25);1H. The number of carbonyl (C=O) groups is 1. The fourth-order valence-corrected chi connectivity index (χ4v) is 3.38. The average Bonchev–Trinajstić information content (AvgIpc) is 2.73. The third-order valence-electron chi connectivity index (χ3n) is 5.00. The van der Waals surface area contributed by atoms with Crippen molar-refractivity contribution in [3.8, 4) is 5.75 Å². The summed E-state index contributed by atoms with van der Waals surface area (Å²) in [7, 11) is 3.37. The van der Waals surface area contributed by atoms with Crippen LogP contribution in [0.4, 0.5) is 0 Å². The van der Waals surface area contributed by atoms with Crippen molar-refractivity contribution >= 4 is 35.8 Å². The molecule has 0 saturated heterocycles. The van der Waals surface area contributed by atoms with Crippen LogP contribution in [0.2, 0.25) is 0 Å².